The average molecular weight is 582 g/mol. The SMILES string of the molecule is C=CCN1C[C@@H](OC(=O)Nc2ccc(-c3ccsc3)cc2)C[C@@H]1CNC(=O)c1cc(CCCF)cc(OC)c1OC. The molecule has 1 aromatic heterocycles. The molecule has 3 aromatic rings. The molecule has 0 saturated carbocycles. The normalized spacial score (nSPS) is 16.7. The summed E-state index contributed by atoms with van der Waals surface area (Å²) in [4.78, 5) is 28.0. The minimum Gasteiger partial charge on any atom is -0.493 e. The zero-order valence-electron chi connectivity index (χ0n) is 23.4. The summed E-state index contributed by atoms with van der Waals surface area (Å²) in [7, 11) is 2.98. The Morgan fingerprint density at radius 1 is 1.15 bits per heavy atom. The second kappa shape index (κ2) is 14.7. The molecule has 0 unspecified atom stereocenters. The number of benzene rings is 2. The third-order valence-corrected chi connectivity index (χ3v) is 7.68. The lowest BCUT2D eigenvalue weighted by Crippen LogP contribution is -2.40. The summed E-state index contributed by atoms with van der Waals surface area (Å²) in [5.74, 6) is 0.419. The van der Waals surface area contributed by atoms with Gasteiger partial charge >= 0.3 is 6.09 Å². The van der Waals surface area contributed by atoms with Crippen LogP contribution in [0.1, 0.15) is 28.8 Å². The van der Waals surface area contributed by atoms with Gasteiger partial charge in [-0.05, 0) is 70.6 Å². The molecule has 2 atom stereocenters. The van der Waals surface area contributed by atoms with E-state index in [-0.39, 0.29) is 18.1 Å². The molecular weight excluding hydrogens is 545 g/mol. The van der Waals surface area contributed by atoms with Crippen LogP contribution in [0.4, 0.5) is 14.9 Å². The number of nitrogens with one attached hydrogen (secondary N) is 2. The standard InChI is InChI=1S/C31H36FN3O5S/c1-4-13-35-19-26(40-31(37)34-24-9-7-22(8-10-24)23-11-14-41-20-23)17-25(35)18-33-30(36)27-15-21(6-5-12-32)16-28(38-2)29(27)39-3/h4,7-11,14-16,20,25-26H,1,5-6,12-13,17-19H2,2-3H3,(H,33,36)(H,34,37)/t25-,26+/m1/s1. The fourth-order valence-corrected chi connectivity index (χ4v) is 5.67. The van der Waals surface area contributed by atoms with Gasteiger partial charge < -0.3 is 19.5 Å². The van der Waals surface area contributed by atoms with Crippen LogP contribution in [0, 0.1) is 0 Å². The van der Waals surface area contributed by atoms with E-state index in [0.29, 0.717) is 61.6 Å². The van der Waals surface area contributed by atoms with Gasteiger partial charge in [0.2, 0.25) is 0 Å². The minimum atomic E-state index is -0.525. The van der Waals surface area contributed by atoms with Crippen molar-refractivity contribution >= 4 is 29.0 Å². The van der Waals surface area contributed by atoms with Gasteiger partial charge in [0.05, 0.1) is 26.5 Å². The van der Waals surface area contributed by atoms with Gasteiger partial charge in [0.15, 0.2) is 11.5 Å². The number of aryl methyl sites for hydroxylation is 1. The highest BCUT2D eigenvalue weighted by Crippen LogP contribution is 2.33. The number of nitrogens with zero attached hydrogens (tertiary/aromatic N) is 1. The predicted octanol–water partition coefficient (Wildman–Crippen LogP) is 5.94. The number of alkyl halides is 1. The Morgan fingerprint density at radius 2 is 1.95 bits per heavy atom. The Bertz CT molecular complexity index is 1320. The lowest BCUT2D eigenvalue weighted by atomic mass is 10.0. The zero-order valence-corrected chi connectivity index (χ0v) is 24.2. The smallest absolute Gasteiger partial charge is 0.411 e. The van der Waals surface area contributed by atoms with Gasteiger partial charge in [0.1, 0.15) is 6.10 Å². The largest absolute Gasteiger partial charge is 0.493 e. The van der Waals surface area contributed by atoms with Gasteiger partial charge in [-0.15, -0.1) is 6.58 Å². The fraction of sp³-hybridized carbons (Fsp3) is 0.355. The number of carbonyl (C=O) groups is 2. The number of hydrogen-bond donors (Lipinski definition) is 2. The quantitative estimate of drug-likeness (QED) is 0.243. The fourth-order valence-electron chi connectivity index (χ4n) is 5.01. The van der Waals surface area contributed by atoms with E-state index in [1.54, 1.807) is 29.5 Å². The Morgan fingerprint density at radius 3 is 2.61 bits per heavy atom. The van der Waals surface area contributed by atoms with Gasteiger partial charge in [-0.25, -0.2) is 4.79 Å². The molecule has 0 aliphatic carbocycles. The van der Waals surface area contributed by atoms with E-state index < -0.39 is 12.8 Å². The van der Waals surface area contributed by atoms with Crippen LogP contribution >= 0.6 is 11.3 Å². The molecule has 218 valence electrons. The van der Waals surface area contributed by atoms with Crippen molar-refractivity contribution in [2.45, 2.75) is 31.4 Å². The number of ether oxygens (including phenoxy) is 3. The van der Waals surface area contributed by atoms with E-state index in [0.717, 1.165) is 16.7 Å². The number of amides is 2. The number of methoxy groups -OCH3 is 2. The van der Waals surface area contributed by atoms with Crippen LogP contribution in [0.5, 0.6) is 11.5 Å². The molecule has 10 heteroatoms. The Labute approximate surface area is 244 Å². The summed E-state index contributed by atoms with van der Waals surface area (Å²) in [6.07, 6.45) is 2.30. The van der Waals surface area contributed by atoms with Crippen molar-refractivity contribution in [1.82, 2.24) is 10.2 Å². The first kappa shape index (κ1) is 30.1. The molecule has 1 saturated heterocycles. The highest BCUT2D eigenvalue weighted by atomic mass is 32.1. The maximum Gasteiger partial charge on any atom is 0.411 e. The molecule has 41 heavy (non-hydrogen) atoms. The van der Waals surface area contributed by atoms with Gasteiger partial charge in [0, 0.05) is 37.8 Å². The summed E-state index contributed by atoms with van der Waals surface area (Å²) < 4.78 is 29.4. The van der Waals surface area contributed by atoms with Gasteiger partial charge in [-0.2, -0.15) is 11.3 Å². The highest BCUT2D eigenvalue weighted by molar-refractivity contribution is 7.08. The van der Waals surface area contributed by atoms with Crippen molar-refractivity contribution in [3.8, 4) is 22.6 Å². The number of hydrogen-bond acceptors (Lipinski definition) is 7. The van der Waals surface area contributed by atoms with E-state index in [1.807, 2.05) is 29.6 Å². The third-order valence-electron chi connectivity index (χ3n) is 6.99. The molecule has 2 heterocycles. The number of anilines is 1. The van der Waals surface area contributed by atoms with Crippen molar-refractivity contribution in [2.75, 3.05) is 45.8 Å². The van der Waals surface area contributed by atoms with Crippen molar-refractivity contribution < 1.29 is 28.2 Å². The molecule has 2 aromatic carbocycles. The lowest BCUT2D eigenvalue weighted by molar-refractivity contribution is 0.0937. The monoisotopic (exact) mass is 581 g/mol. The first-order valence-electron chi connectivity index (χ1n) is 13.5. The molecule has 4 rings (SSSR count). The van der Waals surface area contributed by atoms with Crippen LogP contribution in [-0.2, 0) is 11.2 Å². The Balaban J connectivity index is 1.35. The topological polar surface area (TPSA) is 89.1 Å². The summed E-state index contributed by atoms with van der Waals surface area (Å²) in [5.41, 5.74) is 3.98. The van der Waals surface area contributed by atoms with Gasteiger partial charge in [-0.3, -0.25) is 19.4 Å². The number of halogens is 1. The van der Waals surface area contributed by atoms with Crippen LogP contribution in [-0.4, -0.2) is 69.6 Å². The lowest BCUT2D eigenvalue weighted by Gasteiger charge is -2.23. The summed E-state index contributed by atoms with van der Waals surface area (Å²) in [5, 5.41) is 9.89. The van der Waals surface area contributed by atoms with E-state index in [4.69, 9.17) is 14.2 Å². The van der Waals surface area contributed by atoms with Crippen LogP contribution in [0.25, 0.3) is 11.1 Å². The molecule has 1 aliphatic rings. The molecular formula is C31H36FN3O5S. The van der Waals surface area contributed by atoms with Gasteiger partial charge in [-0.1, -0.05) is 18.2 Å². The van der Waals surface area contributed by atoms with E-state index in [9.17, 15) is 14.0 Å². The summed E-state index contributed by atoms with van der Waals surface area (Å²) in [6.45, 7) is 4.83. The molecule has 0 spiro atoms. The van der Waals surface area contributed by atoms with Crippen LogP contribution in [0.3, 0.4) is 0 Å². The molecule has 0 bridgehead atoms. The second-order valence-electron chi connectivity index (χ2n) is 9.76. The molecule has 8 nitrogen and oxygen atoms in total. The van der Waals surface area contributed by atoms with Crippen LogP contribution in [0.2, 0.25) is 0 Å². The summed E-state index contributed by atoms with van der Waals surface area (Å²) >= 11 is 1.64. The van der Waals surface area contributed by atoms with Crippen LogP contribution in [0.15, 0.2) is 65.9 Å². The van der Waals surface area contributed by atoms with Crippen LogP contribution < -0.4 is 20.1 Å². The number of carbonyl (C=O) groups excluding carboxylic acids is 2. The minimum absolute atomic E-state index is 0.0674. The number of rotatable bonds is 13. The Hall–Kier alpha value is -3.89. The van der Waals surface area contributed by atoms with Crippen molar-refractivity contribution in [3.05, 3.63) is 77.0 Å². The molecule has 1 fully saturated rings. The predicted molar refractivity (Wildman–Crippen MR) is 160 cm³/mol. The Kier molecular flexibility index (Phi) is 10.8. The maximum atomic E-state index is 13.2. The van der Waals surface area contributed by atoms with Crippen molar-refractivity contribution in [1.29, 1.82) is 0 Å². The van der Waals surface area contributed by atoms with E-state index >= 15 is 0 Å². The highest BCUT2D eigenvalue weighted by Gasteiger charge is 2.34. The second-order valence-corrected chi connectivity index (χ2v) is 10.5. The first-order valence-corrected chi connectivity index (χ1v) is 14.4. The van der Waals surface area contributed by atoms with Crippen molar-refractivity contribution in [3.63, 3.8) is 0 Å². The van der Waals surface area contributed by atoms with Crippen molar-refractivity contribution in [2.24, 2.45) is 0 Å². The van der Waals surface area contributed by atoms with E-state index in [1.165, 1.54) is 14.2 Å². The zero-order chi connectivity index (χ0) is 29.2. The molecule has 2 amide bonds. The molecule has 1 aliphatic heterocycles. The first-order chi connectivity index (χ1) is 19.9. The molecule has 2 N–H and O–H groups in total. The van der Waals surface area contributed by atoms with Gasteiger partial charge in [0.25, 0.3) is 5.91 Å². The average Bonchev–Trinajstić information content (AvgIpc) is 3.65. The number of thiophene rings is 1. The van der Waals surface area contributed by atoms with E-state index in [2.05, 4.69) is 33.6 Å². The molecule has 0 radical (unpaired) electrons. The summed E-state index contributed by atoms with van der Waals surface area (Å²) in [6, 6.07) is 13.1. The maximum absolute atomic E-state index is 13.2. The number of likely N-dealkylation sites (tertiary alicyclic amines) is 1. The third kappa shape index (κ3) is 7.86.